The Bertz CT molecular complexity index is 681. The highest BCUT2D eigenvalue weighted by Gasteiger charge is 2.41. The molecular weight excluding hydrogens is 336 g/mol. The summed E-state index contributed by atoms with van der Waals surface area (Å²) in [4.78, 5) is 11.4. The lowest BCUT2D eigenvalue weighted by molar-refractivity contribution is -0.138. The minimum Gasteiger partial charge on any atom is -0.481 e. The molecule has 0 unspecified atom stereocenters. The first-order valence-electron chi connectivity index (χ1n) is 10.3. The maximum Gasteiger partial charge on any atom is 0.314 e. The van der Waals surface area contributed by atoms with Gasteiger partial charge in [0.05, 0.1) is 12.5 Å². The third-order valence-electron chi connectivity index (χ3n) is 6.45. The molecule has 0 radical (unpaired) electrons. The van der Waals surface area contributed by atoms with E-state index in [4.69, 9.17) is 4.74 Å². The van der Waals surface area contributed by atoms with E-state index in [2.05, 4.69) is 43.3 Å². The Morgan fingerprint density at radius 3 is 2.41 bits per heavy atom. The molecule has 1 saturated carbocycles. The molecule has 0 atom stereocenters. The van der Waals surface area contributed by atoms with Crippen molar-refractivity contribution in [2.45, 2.75) is 57.5 Å². The van der Waals surface area contributed by atoms with Crippen LogP contribution in [0.4, 0.5) is 0 Å². The standard InChI is InChI=1S/C24H32O3/c1-3-6-18-9-11-21(12-10-18)24(15-13-19(14-16-24)23(25)26)22-8-5-4-7-20(22)17-27-2/h4-5,7-8,13-16,18-19,21H,3,6,9-12,17H2,1-2H3,(H,25,26). The molecule has 1 fully saturated rings. The molecule has 0 amide bonds. The van der Waals surface area contributed by atoms with Crippen LogP contribution in [0.1, 0.15) is 56.6 Å². The predicted molar refractivity (Wildman–Crippen MR) is 109 cm³/mol. The molecule has 0 saturated heterocycles. The number of aliphatic carboxylic acids is 1. The van der Waals surface area contributed by atoms with Gasteiger partial charge in [0, 0.05) is 12.5 Å². The minimum atomic E-state index is -0.784. The maximum atomic E-state index is 11.4. The van der Waals surface area contributed by atoms with Gasteiger partial charge in [0.1, 0.15) is 0 Å². The summed E-state index contributed by atoms with van der Waals surface area (Å²) in [5, 5.41) is 9.40. The van der Waals surface area contributed by atoms with E-state index in [1.807, 2.05) is 12.2 Å². The summed E-state index contributed by atoms with van der Waals surface area (Å²) >= 11 is 0. The number of allylic oxidation sites excluding steroid dienone is 2. The minimum absolute atomic E-state index is 0.224. The van der Waals surface area contributed by atoms with Gasteiger partial charge < -0.3 is 9.84 Å². The monoisotopic (exact) mass is 368 g/mol. The third kappa shape index (κ3) is 4.19. The van der Waals surface area contributed by atoms with E-state index in [9.17, 15) is 9.90 Å². The third-order valence-corrected chi connectivity index (χ3v) is 6.45. The molecule has 0 spiro atoms. The number of benzene rings is 1. The van der Waals surface area contributed by atoms with E-state index in [1.54, 1.807) is 7.11 Å². The molecule has 146 valence electrons. The van der Waals surface area contributed by atoms with Crippen molar-refractivity contribution in [3.05, 3.63) is 59.7 Å². The normalized spacial score (nSPS) is 30.4. The zero-order valence-corrected chi connectivity index (χ0v) is 16.6. The number of hydrogen-bond acceptors (Lipinski definition) is 2. The Morgan fingerprint density at radius 2 is 1.81 bits per heavy atom. The molecule has 3 heteroatoms. The average Bonchev–Trinajstić information content (AvgIpc) is 2.69. The van der Waals surface area contributed by atoms with Crippen LogP contribution in [0.5, 0.6) is 0 Å². The van der Waals surface area contributed by atoms with Crippen molar-refractivity contribution in [3.63, 3.8) is 0 Å². The van der Waals surface area contributed by atoms with Crippen molar-refractivity contribution in [2.24, 2.45) is 17.8 Å². The number of hydrogen-bond donors (Lipinski definition) is 1. The Kier molecular flexibility index (Phi) is 6.54. The van der Waals surface area contributed by atoms with Gasteiger partial charge >= 0.3 is 5.97 Å². The molecule has 0 aliphatic heterocycles. The fraction of sp³-hybridized carbons (Fsp3) is 0.542. The highest BCUT2D eigenvalue weighted by molar-refractivity contribution is 5.75. The summed E-state index contributed by atoms with van der Waals surface area (Å²) in [6.07, 6.45) is 15.6. The molecule has 0 bridgehead atoms. The van der Waals surface area contributed by atoms with Gasteiger partial charge in [0.25, 0.3) is 0 Å². The molecule has 1 N–H and O–H groups in total. The van der Waals surface area contributed by atoms with Gasteiger partial charge in [0.15, 0.2) is 0 Å². The first-order valence-corrected chi connectivity index (χ1v) is 10.3. The smallest absolute Gasteiger partial charge is 0.314 e. The fourth-order valence-electron chi connectivity index (χ4n) is 5.04. The SMILES string of the molecule is CCCC1CCC(C2(c3ccccc3COC)C=CC(C(=O)O)C=C2)CC1. The molecule has 2 aliphatic rings. The zero-order valence-electron chi connectivity index (χ0n) is 16.6. The summed E-state index contributed by atoms with van der Waals surface area (Å²) in [5.74, 6) is 0.0452. The van der Waals surface area contributed by atoms with Crippen molar-refractivity contribution in [2.75, 3.05) is 7.11 Å². The van der Waals surface area contributed by atoms with Crippen LogP contribution >= 0.6 is 0 Å². The number of carboxylic acids is 1. The second-order valence-corrected chi connectivity index (χ2v) is 8.11. The van der Waals surface area contributed by atoms with Gasteiger partial charge in [-0.3, -0.25) is 4.79 Å². The van der Waals surface area contributed by atoms with Crippen molar-refractivity contribution in [1.82, 2.24) is 0 Å². The number of methoxy groups -OCH3 is 1. The highest BCUT2D eigenvalue weighted by atomic mass is 16.5. The van der Waals surface area contributed by atoms with Crippen molar-refractivity contribution >= 4 is 5.97 Å². The van der Waals surface area contributed by atoms with Crippen LogP contribution in [0.25, 0.3) is 0 Å². The first kappa shape index (κ1) is 19.9. The van der Waals surface area contributed by atoms with Crippen LogP contribution in [-0.4, -0.2) is 18.2 Å². The van der Waals surface area contributed by atoms with Crippen molar-refractivity contribution < 1.29 is 14.6 Å². The average molecular weight is 369 g/mol. The fourth-order valence-corrected chi connectivity index (χ4v) is 5.04. The molecular formula is C24H32O3. The van der Waals surface area contributed by atoms with Gasteiger partial charge in [-0.05, 0) is 35.8 Å². The summed E-state index contributed by atoms with van der Waals surface area (Å²) < 4.78 is 5.46. The molecule has 0 heterocycles. The van der Waals surface area contributed by atoms with Crippen LogP contribution < -0.4 is 0 Å². The van der Waals surface area contributed by atoms with Crippen LogP contribution in [0.2, 0.25) is 0 Å². The summed E-state index contributed by atoms with van der Waals surface area (Å²) in [5.41, 5.74) is 2.24. The molecule has 2 aliphatic carbocycles. The van der Waals surface area contributed by atoms with E-state index in [0.29, 0.717) is 12.5 Å². The molecule has 3 nitrogen and oxygen atoms in total. The molecule has 3 rings (SSSR count). The second kappa shape index (κ2) is 8.88. The first-order chi connectivity index (χ1) is 13.1. The van der Waals surface area contributed by atoms with Gasteiger partial charge in [-0.25, -0.2) is 0 Å². The second-order valence-electron chi connectivity index (χ2n) is 8.11. The number of carboxylic acid groups (broad SMARTS) is 1. The van der Waals surface area contributed by atoms with Crippen molar-refractivity contribution in [1.29, 1.82) is 0 Å². The Morgan fingerprint density at radius 1 is 1.15 bits per heavy atom. The van der Waals surface area contributed by atoms with E-state index < -0.39 is 11.9 Å². The molecule has 1 aromatic rings. The van der Waals surface area contributed by atoms with Crippen LogP contribution in [-0.2, 0) is 21.6 Å². The lowest BCUT2D eigenvalue weighted by Gasteiger charge is -2.43. The zero-order chi connectivity index (χ0) is 19.3. The number of ether oxygens (including phenoxy) is 1. The van der Waals surface area contributed by atoms with E-state index in [-0.39, 0.29) is 5.41 Å². The van der Waals surface area contributed by atoms with Crippen molar-refractivity contribution in [3.8, 4) is 0 Å². The van der Waals surface area contributed by atoms with E-state index >= 15 is 0 Å². The summed E-state index contributed by atoms with van der Waals surface area (Å²) in [6.45, 7) is 2.85. The van der Waals surface area contributed by atoms with Gasteiger partial charge in [0.2, 0.25) is 0 Å². The summed E-state index contributed by atoms with van der Waals surface area (Å²) in [6, 6.07) is 8.47. The largest absolute Gasteiger partial charge is 0.481 e. The van der Waals surface area contributed by atoms with E-state index in [1.165, 1.54) is 49.7 Å². The Hall–Kier alpha value is -1.87. The lowest BCUT2D eigenvalue weighted by Crippen LogP contribution is -2.37. The van der Waals surface area contributed by atoms with Gasteiger partial charge in [-0.15, -0.1) is 0 Å². The highest BCUT2D eigenvalue weighted by Crippen LogP contribution is 2.48. The maximum absolute atomic E-state index is 11.4. The Labute approximate surface area is 163 Å². The molecule has 0 aromatic heterocycles. The number of carbonyl (C=O) groups is 1. The summed E-state index contributed by atoms with van der Waals surface area (Å²) in [7, 11) is 1.73. The molecule has 27 heavy (non-hydrogen) atoms. The van der Waals surface area contributed by atoms with Crippen LogP contribution in [0.3, 0.4) is 0 Å². The quantitative estimate of drug-likeness (QED) is 0.646. The van der Waals surface area contributed by atoms with Crippen LogP contribution in [0.15, 0.2) is 48.6 Å². The molecule has 1 aromatic carbocycles. The van der Waals surface area contributed by atoms with Crippen LogP contribution in [0, 0.1) is 17.8 Å². The van der Waals surface area contributed by atoms with Gasteiger partial charge in [-0.1, -0.05) is 81.2 Å². The lowest BCUT2D eigenvalue weighted by atomic mass is 9.61. The van der Waals surface area contributed by atoms with E-state index in [0.717, 1.165) is 5.92 Å². The number of rotatable bonds is 7. The predicted octanol–water partition coefficient (Wildman–Crippen LogP) is 5.50. The Balaban J connectivity index is 1.96. The van der Waals surface area contributed by atoms with Gasteiger partial charge in [-0.2, -0.15) is 0 Å². The topological polar surface area (TPSA) is 46.5 Å².